The summed E-state index contributed by atoms with van der Waals surface area (Å²) in [7, 11) is 1.47. The first kappa shape index (κ1) is 21.3. The lowest BCUT2D eigenvalue weighted by atomic mass is 9.44. The van der Waals surface area contributed by atoms with Gasteiger partial charge in [0.2, 0.25) is 0 Å². The van der Waals surface area contributed by atoms with E-state index in [2.05, 4.69) is 20.8 Å². The van der Waals surface area contributed by atoms with Gasteiger partial charge in [0.25, 0.3) is 0 Å². The van der Waals surface area contributed by atoms with Crippen LogP contribution in [0, 0.1) is 46.3 Å². The summed E-state index contributed by atoms with van der Waals surface area (Å²) in [5.74, 6) is 3.08. The summed E-state index contributed by atoms with van der Waals surface area (Å²) in [6.45, 7) is 7.18. The lowest BCUT2D eigenvalue weighted by Gasteiger charge is -2.60. The van der Waals surface area contributed by atoms with Crippen LogP contribution in [0.25, 0.3) is 0 Å². The number of fused-ring (bicyclic) bond motifs is 5. The molecular weight excluding hydrogens is 364 g/mol. The molecule has 4 fully saturated rings. The molecule has 4 aliphatic rings. The number of carbonyl (C=O) groups is 2. The molecule has 4 rings (SSSR count). The maximum atomic E-state index is 13.4. The van der Waals surface area contributed by atoms with Gasteiger partial charge in [-0.15, -0.1) is 0 Å². The largest absolute Gasteiger partial charge is 0.469 e. The molecule has 29 heavy (non-hydrogen) atoms. The first-order chi connectivity index (χ1) is 13.7. The predicted octanol–water partition coefficient (Wildman–Crippen LogP) is 4.77. The molecule has 164 valence electrons. The molecule has 0 radical (unpaired) electrons. The van der Waals surface area contributed by atoms with Gasteiger partial charge in [0.15, 0.2) is 0 Å². The number of ether oxygens (including phenoxy) is 1. The van der Waals surface area contributed by atoms with Crippen LogP contribution in [0.2, 0.25) is 0 Å². The van der Waals surface area contributed by atoms with Crippen LogP contribution in [0.15, 0.2) is 0 Å². The zero-order valence-corrected chi connectivity index (χ0v) is 18.8. The van der Waals surface area contributed by atoms with Crippen molar-refractivity contribution in [2.24, 2.45) is 46.3 Å². The van der Waals surface area contributed by atoms with Gasteiger partial charge in [-0.05, 0) is 91.8 Å². The smallest absolute Gasteiger partial charge is 0.305 e. The van der Waals surface area contributed by atoms with Gasteiger partial charge >= 0.3 is 5.97 Å². The van der Waals surface area contributed by atoms with Crippen LogP contribution >= 0.6 is 0 Å². The van der Waals surface area contributed by atoms with Gasteiger partial charge < -0.3 is 9.84 Å². The van der Waals surface area contributed by atoms with Crippen LogP contribution in [0.5, 0.6) is 0 Å². The molecule has 4 saturated carbocycles. The highest BCUT2D eigenvalue weighted by Gasteiger charge is 2.62. The fraction of sp³-hybridized carbons (Fsp3) is 0.920. The number of hydrogen-bond donors (Lipinski definition) is 1. The predicted molar refractivity (Wildman–Crippen MR) is 112 cm³/mol. The Kier molecular flexibility index (Phi) is 5.63. The molecule has 0 bridgehead atoms. The Morgan fingerprint density at radius 1 is 1.14 bits per heavy atom. The minimum atomic E-state index is -0.210. The van der Waals surface area contributed by atoms with E-state index >= 15 is 0 Å². The molecule has 0 amide bonds. The van der Waals surface area contributed by atoms with Crippen LogP contribution in [-0.2, 0) is 14.3 Å². The van der Waals surface area contributed by atoms with Gasteiger partial charge in [-0.2, -0.15) is 0 Å². The van der Waals surface area contributed by atoms with E-state index in [0.29, 0.717) is 48.2 Å². The number of rotatable bonds is 4. The van der Waals surface area contributed by atoms with Crippen molar-refractivity contribution in [3.8, 4) is 0 Å². The van der Waals surface area contributed by atoms with Crippen LogP contribution in [0.3, 0.4) is 0 Å². The van der Waals surface area contributed by atoms with E-state index in [9.17, 15) is 14.7 Å². The summed E-state index contributed by atoms with van der Waals surface area (Å²) < 4.78 is 4.85. The second kappa shape index (κ2) is 7.66. The van der Waals surface area contributed by atoms with E-state index < -0.39 is 0 Å². The average Bonchev–Trinajstić information content (AvgIpc) is 3.04. The Morgan fingerprint density at radius 2 is 1.83 bits per heavy atom. The van der Waals surface area contributed by atoms with Crippen molar-refractivity contribution >= 4 is 11.8 Å². The Balaban J connectivity index is 1.53. The number of ketones is 1. The minimum Gasteiger partial charge on any atom is -0.469 e. The van der Waals surface area contributed by atoms with Crippen LogP contribution in [0.1, 0.15) is 85.0 Å². The van der Waals surface area contributed by atoms with E-state index in [1.807, 2.05) is 0 Å². The highest BCUT2D eigenvalue weighted by Crippen LogP contribution is 2.67. The van der Waals surface area contributed by atoms with Crippen molar-refractivity contribution in [1.82, 2.24) is 0 Å². The molecule has 1 N–H and O–H groups in total. The third kappa shape index (κ3) is 3.38. The number of carbonyl (C=O) groups excluding carboxylic acids is 2. The maximum absolute atomic E-state index is 13.4. The van der Waals surface area contributed by atoms with Gasteiger partial charge in [-0.3, -0.25) is 9.59 Å². The maximum Gasteiger partial charge on any atom is 0.305 e. The third-order valence-electron chi connectivity index (χ3n) is 10.2. The number of esters is 1. The third-order valence-corrected chi connectivity index (χ3v) is 10.2. The SMILES string of the molecule is COC(=O)CC[C@@H](C)C1CCC2C3C(=O)C[C@@H]4C[C@H](O)CC[C@]4(C)C3CC[C@@]21C. The van der Waals surface area contributed by atoms with Crippen molar-refractivity contribution in [3.05, 3.63) is 0 Å². The molecule has 4 unspecified atom stereocenters. The van der Waals surface area contributed by atoms with E-state index in [1.165, 1.54) is 26.4 Å². The van der Waals surface area contributed by atoms with Crippen LogP contribution in [-0.4, -0.2) is 30.1 Å². The van der Waals surface area contributed by atoms with Crippen molar-refractivity contribution in [2.75, 3.05) is 7.11 Å². The van der Waals surface area contributed by atoms with Crippen LogP contribution < -0.4 is 0 Å². The number of aliphatic hydroxyl groups is 1. The molecule has 4 nitrogen and oxygen atoms in total. The Morgan fingerprint density at radius 3 is 2.55 bits per heavy atom. The monoisotopic (exact) mass is 404 g/mol. The summed E-state index contributed by atoms with van der Waals surface area (Å²) in [5, 5.41) is 10.2. The molecule has 4 heteroatoms. The lowest BCUT2D eigenvalue weighted by molar-refractivity contribution is -0.160. The first-order valence-corrected chi connectivity index (χ1v) is 12.0. The highest BCUT2D eigenvalue weighted by molar-refractivity contribution is 5.83. The fourth-order valence-electron chi connectivity index (χ4n) is 8.53. The van der Waals surface area contributed by atoms with Crippen molar-refractivity contribution in [2.45, 2.75) is 91.1 Å². The molecule has 0 aromatic heterocycles. The van der Waals surface area contributed by atoms with E-state index in [1.54, 1.807) is 0 Å². The number of hydrogen-bond acceptors (Lipinski definition) is 4. The topological polar surface area (TPSA) is 63.6 Å². The fourth-order valence-corrected chi connectivity index (χ4v) is 8.53. The minimum absolute atomic E-state index is 0.110. The van der Waals surface area contributed by atoms with Crippen molar-refractivity contribution in [1.29, 1.82) is 0 Å². The molecule has 0 aromatic carbocycles. The quantitative estimate of drug-likeness (QED) is 0.685. The standard InChI is InChI=1S/C25H40O4/c1-15(5-8-22(28)29-4)18-6-7-19-23-20(10-12-25(18,19)3)24(2)11-9-17(26)13-16(24)14-21(23)27/h15-20,23,26H,5-14H2,1-4H3/t15-,16+,17-,18?,19?,20?,23?,24+,25-/m1/s1. The van der Waals surface area contributed by atoms with Gasteiger partial charge in [0, 0.05) is 18.8 Å². The van der Waals surface area contributed by atoms with E-state index in [-0.39, 0.29) is 28.8 Å². The lowest BCUT2D eigenvalue weighted by Crippen LogP contribution is -2.57. The van der Waals surface area contributed by atoms with Gasteiger partial charge in [0.05, 0.1) is 13.2 Å². The highest BCUT2D eigenvalue weighted by atomic mass is 16.5. The summed E-state index contributed by atoms with van der Waals surface area (Å²) in [6.07, 6.45) is 9.40. The zero-order valence-electron chi connectivity index (χ0n) is 18.8. The van der Waals surface area contributed by atoms with Crippen LogP contribution in [0.4, 0.5) is 0 Å². The molecular formula is C25H40O4. The van der Waals surface area contributed by atoms with E-state index in [4.69, 9.17) is 4.74 Å². The summed E-state index contributed by atoms with van der Waals surface area (Å²) in [4.78, 5) is 25.0. The molecule has 9 atom stereocenters. The van der Waals surface area contributed by atoms with Crippen molar-refractivity contribution < 1.29 is 19.4 Å². The Labute approximate surface area is 176 Å². The summed E-state index contributed by atoms with van der Waals surface area (Å²) in [5.41, 5.74) is 0.456. The summed E-state index contributed by atoms with van der Waals surface area (Å²) in [6, 6.07) is 0. The average molecular weight is 405 g/mol. The summed E-state index contributed by atoms with van der Waals surface area (Å²) >= 11 is 0. The zero-order chi connectivity index (χ0) is 21.0. The van der Waals surface area contributed by atoms with Gasteiger partial charge in [-0.25, -0.2) is 0 Å². The van der Waals surface area contributed by atoms with Gasteiger partial charge in [0.1, 0.15) is 5.78 Å². The number of Topliss-reactive ketones (excluding diaryl/α,β-unsaturated/α-hetero) is 1. The second-order valence-corrected chi connectivity index (χ2v) is 11.4. The Hall–Kier alpha value is -0.900. The number of aliphatic hydroxyl groups excluding tert-OH is 1. The van der Waals surface area contributed by atoms with Crippen molar-refractivity contribution in [3.63, 3.8) is 0 Å². The second-order valence-electron chi connectivity index (χ2n) is 11.4. The molecule has 0 aliphatic heterocycles. The number of methoxy groups -OCH3 is 1. The first-order valence-electron chi connectivity index (χ1n) is 12.0. The van der Waals surface area contributed by atoms with Gasteiger partial charge in [-0.1, -0.05) is 20.8 Å². The molecule has 0 saturated heterocycles. The molecule has 0 spiro atoms. The molecule has 0 aromatic rings. The molecule has 4 aliphatic carbocycles. The normalized spacial score (nSPS) is 47.7. The van der Waals surface area contributed by atoms with E-state index in [0.717, 1.165) is 32.1 Å². The Bertz CT molecular complexity index is 659. The molecule has 0 heterocycles.